The zero-order valence-corrected chi connectivity index (χ0v) is 24.8. The van der Waals surface area contributed by atoms with Gasteiger partial charge in [-0.1, -0.05) is 0 Å². The van der Waals surface area contributed by atoms with Crippen LogP contribution >= 0.6 is 0 Å². The van der Waals surface area contributed by atoms with Crippen LogP contribution in [0.15, 0.2) is 0 Å². The van der Waals surface area contributed by atoms with Crippen LogP contribution in [0, 0.1) is 5.92 Å². The predicted molar refractivity (Wildman–Crippen MR) is 153 cm³/mol. The van der Waals surface area contributed by atoms with E-state index < -0.39 is 110 Å². The Kier molecular flexibility index (Phi) is 15.0. The predicted octanol–water partition coefficient (Wildman–Crippen LogP) is -7.60. The van der Waals surface area contributed by atoms with Gasteiger partial charge in [0, 0.05) is 25.7 Å². The normalized spacial score (nSPS) is 44.8. The summed E-state index contributed by atoms with van der Waals surface area (Å²) >= 11 is 0. The fraction of sp³-hybridized carbons (Fsp3) is 1.00. The van der Waals surface area contributed by atoms with E-state index in [9.17, 15) is 40.9 Å². The van der Waals surface area contributed by atoms with Crippen LogP contribution in [0.4, 0.5) is 0 Å². The molecule has 3 aliphatic rings. The lowest BCUT2D eigenvalue weighted by Crippen LogP contribution is -2.67. The van der Waals surface area contributed by atoms with Crippen molar-refractivity contribution in [3.05, 3.63) is 0 Å². The Morgan fingerprint density at radius 1 is 0.750 bits per heavy atom. The van der Waals surface area contributed by atoms with Crippen LogP contribution in [0.25, 0.3) is 0 Å². The molecule has 18 heteroatoms. The first-order valence-corrected chi connectivity index (χ1v) is 15.2. The van der Waals surface area contributed by atoms with Gasteiger partial charge in [0.05, 0.1) is 37.0 Å². The molecule has 2 aliphatic heterocycles. The van der Waals surface area contributed by atoms with Gasteiger partial charge in [0.1, 0.15) is 48.8 Å². The van der Waals surface area contributed by atoms with Crippen molar-refractivity contribution < 1.29 is 59.8 Å². The van der Waals surface area contributed by atoms with Crippen molar-refractivity contribution in [2.24, 2.45) is 34.6 Å². The second-order valence-electron chi connectivity index (χ2n) is 12.1. The number of nitrogens with one attached hydrogen (secondary N) is 1. The van der Waals surface area contributed by atoms with Gasteiger partial charge in [0.15, 0.2) is 12.6 Å². The Hall–Kier alpha value is -0.720. The maximum atomic E-state index is 11.6. The molecule has 0 bridgehead atoms. The molecule has 3 rings (SSSR count). The Labute approximate surface area is 256 Å². The summed E-state index contributed by atoms with van der Waals surface area (Å²) in [6, 6.07) is -3.25. The number of aliphatic hydroxyl groups excluding tert-OH is 8. The lowest BCUT2D eigenvalue weighted by atomic mass is 9.77. The number of nitrogens with two attached hydrogens (primary N) is 5. The highest BCUT2D eigenvalue weighted by Crippen LogP contribution is 2.36. The Morgan fingerprint density at radius 2 is 1.41 bits per heavy atom. The Morgan fingerprint density at radius 3 is 2.05 bits per heavy atom. The molecule has 1 aliphatic carbocycles. The molecule has 2 heterocycles. The first kappa shape index (κ1) is 37.7. The van der Waals surface area contributed by atoms with Crippen LogP contribution in [-0.4, -0.2) is 171 Å². The molecule has 3 fully saturated rings. The molecule has 3 unspecified atom stereocenters. The first-order valence-electron chi connectivity index (χ1n) is 15.2. The molecule has 1 saturated carbocycles. The van der Waals surface area contributed by atoms with Crippen molar-refractivity contribution in [3.8, 4) is 0 Å². The van der Waals surface area contributed by atoms with Gasteiger partial charge in [0.2, 0.25) is 0 Å². The van der Waals surface area contributed by atoms with Crippen molar-refractivity contribution >= 4 is 0 Å². The van der Waals surface area contributed by atoms with Crippen molar-refractivity contribution in [1.82, 2.24) is 5.32 Å². The Bertz CT molecular complexity index is 840. The summed E-state index contributed by atoms with van der Waals surface area (Å²) in [4.78, 5) is 0. The molecule has 0 amide bonds. The quantitative estimate of drug-likeness (QED) is 0.0788. The standard InChI is InChI=1S/C26H54N6O12/c27-4-3-12(35)7-32-8-14-19(37)20(38)17(31)25(41-14)44-24-13(29)5-10(1-2-11(34)6-28)23(22(24)40)43-26-21(39)16(30)18(36)15(9-33)42-26/h10-26,32-40H,1-9,27-31H2/t10-,11?,12?,13+,14-,15-,16+,17-,18-,19-,20-,21-,22-,23+,24?,25-,26-/m1/s1. The third-order valence-electron chi connectivity index (χ3n) is 8.77. The minimum Gasteiger partial charge on any atom is -0.394 e. The molecule has 44 heavy (non-hydrogen) atoms. The number of hydrogen-bond donors (Lipinski definition) is 14. The average molecular weight is 643 g/mol. The minimum absolute atomic E-state index is 0.0149. The first-order chi connectivity index (χ1) is 20.8. The van der Waals surface area contributed by atoms with Gasteiger partial charge in [-0.3, -0.25) is 0 Å². The molecule has 0 aromatic heterocycles. The van der Waals surface area contributed by atoms with E-state index in [4.69, 9.17) is 47.6 Å². The fourth-order valence-electron chi connectivity index (χ4n) is 5.98. The maximum absolute atomic E-state index is 11.6. The third kappa shape index (κ3) is 9.21. The van der Waals surface area contributed by atoms with Gasteiger partial charge in [0.25, 0.3) is 0 Å². The van der Waals surface area contributed by atoms with Crippen LogP contribution in [0.2, 0.25) is 0 Å². The molecule has 17 atom stereocenters. The van der Waals surface area contributed by atoms with E-state index in [1.807, 2.05) is 0 Å². The maximum Gasteiger partial charge on any atom is 0.186 e. The van der Waals surface area contributed by atoms with E-state index in [-0.39, 0.29) is 32.5 Å². The van der Waals surface area contributed by atoms with Gasteiger partial charge in [-0.15, -0.1) is 0 Å². The molecular weight excluding hydrogens is 588 g/mol. The largest absolute Gasteiger partial charge is 0.394 e. The number of hydrogen-bond acceptors (Lipinski definition) is 18. The van der Waals surface area contributed by atoms with Crippen molar-refractivity contribution in [3.63, 3.8) is 0 Å². The van der Waals surface area contributed by atoms with Crippen LogP contribution in [0.5, 0.6) is 0 Å². The molecule has 2 saturated heterocycles. The number of aliphatic hydroxyl groups is 8. The van der Waals surface area contributed by atoms with Crippen LogP contribution in [0.3, 0.4) is 0 Å². The third-order valence-corrected chi connectivity index (χ3v) is 8.77. The highest BCUT2D eigenvalue weighted by Gasteiger charge is 2.51. The van der Waals surface area contributed by atoms with Crippen LogP contribution in [0.1, 0.15) is 25.7 Å². The van der Waals surface area contributed by atoms with Crippen molar-refractivity contribution in [2.75, 3.05) is 32.8 Å². The zero-order chi connectivity index (χ0) is 32.7. The van der Waals surface area contributed by atoms with E-state index in [1.54, 1.807) is 0 Å². The Balaban J connectivity index is 1.76. The van der Waals surface area contributed by atoms with E-state index in [0.29, 0.717) is 19.4 Å². The molecule has 0 aromatic carbocycles. The van der Waals surface area contributed by atoms with Crippen LogP contribution in [-0.2, 0) is 18.9 Å². The van der Waals surface area contributed by atoms with Crippen molar-refractivity contribution in [2.45, 2.75) is 124 Å². The van der Waals surface area contributed by atoms with Gasteiger partial charge in [-0.25, -0.2) is 0 Å². The second-order valence-corrected chi connectivity index (χ2v) is 12.1. The molecule has 19 N–H and O–H groups in total. The molecule has 0 aromatic rings. The zero-order valence-electron chi connectivity index (χ0n) is 24.8. The average Bonchev–Trinajstić information content (AvgIpc) is 3.00. The lowest BCUT2D eigenvalue weighted by Gasteiger charge is -2.49. The van der Waals surface area contributed by atoms with Gasteiger partial charge >= 0.3 is 0 Å². The minimum atomic E-state index is -1.52. The second kappa shape index (κ2) is 17.4. The van der Waals surface area contributed by atoms with Gasteiger partial charge < -0.3 is 93.8 Å². The fourth-order valence-corrected chi connectivity index (χ4v) is 5.98. The SMILES string of the molecule is NCCC(O)CNC[C@H]1O[C@H](OC2[C@@H](N)C[C@@H](CCC(O)CN)[C@H](O[C@H]3O[C@H](CO)[C@@H](O)[C@H](N)[C@H]3O)[C@H]2O)[C@H](N)[C@@H](O)[C@@H]1O. The highest BCUT2D eigenvalue weighted by atomic mass is 16.7. The molecule has 0 radical (unpaired) electrons. The molecular formula is C26H54N6O12. The smallest absolute Gasteiger partial charge is 0.186 e. The summed E-state index contributed by atoms with van der Waals surface area (Å²) in [5.74, 6) is -0.488. The molecule has 18 nitrogen and oxygen atoms in total. The molecule has 0 spiro atoms. The number of rotatable bonds is 15. The topological polar surface area (TPSA) is 341 Å². The van der Waals surface area contributed by atoms with Crippen LogP contribution < -0.4 is 34.0 Å². The summed E-state index contributed by atoms with van der Waals surface area (Å²) in [7, 11) is 0. The monoisotopic (exact) mass is 642 g/mol. The van der Waals surface area contributed by atoms with E-state index in [1.165, 1.54) is 0 Å². The van der Waals surface area contributed by atoms with Gasteiger partial charge in [-0.2, -0.15) is 0 Å². The van der Waals surface area contributed by atoms with E-state index in [2.05, 4.69) is 5.32 Å². The summed E-state index contributed by atoms with van der Waals surface area (Å²) < 4.78 is 23.6. The summed E-state index contributed by atoms with van der Waals surface area (Å²) in [5, 5.41) is 86.2. The molecule has 260 valence electrons. The van der Waals surface area contributed by atoms with E-state index in [0.717, 1.165) is 0 Å². The summed E-state index contributed by atoms with van der Waals surface area (Å²) in [6.07, 6.45) is -14.8. The summed E-state index contributed by atoms with van der Waals surface area (Å²) in [6.45, 7) is -0.111. The van der Waals surface area contributed by atoms with Gasteiger partial charge in [-0.05, 0) is 38.1 Å². The number of ether oxygens (including phenoxy) is 4. The highest BCUT2D eigenvalue weighted by molar-refractivity contribution is 5.00. The lowest BCUT2D eigenvalue weighted by molar-refractivity contribution is -0.324. The van der Waals surface area contributed by atoms with Crippen molar-refractivity contribution in [1.29, 1.82) is 0 Å². The summed E-state index contributed by atoms with van der Waals surface area (Å²) in [5.41, 5.74) is 29.5. The van der Waals surface area contributed by atoms with E-state index >= 15 is 0 Å².